The molecule has 0 aliphatic carbocycles. The number of nitrogens with one attached hydrogen (secondary N) is 1. The van der Waals surface area contributed by atoms with Crippen LogP contribution in [-0.4, -0.2) is 54.6 Å². The van der Waals surface area contributed by atoms with Crippen LogP contribution in [0.15, 0.2) is 77.4 Å². The van der Waals surface area contributed by atoms with Gasteiger partial charge in [-0.2, -0.15) is 5.26 Å². The number of imidazole rings is 1. The van der Waals surface area contributed by atoms with Crippen molar-refractivity contribution in [1.82, 2.24) is 29.3 Å². The molecule has 5 rings (SSSR count). The number of benzene rings is 2. The van der Waals surface area contributed by atoms with Crippen LogP contribution >= 0.6 is 0 Å². The molecule has 0 radical (unpaired) electrons. The van der Waals surface area contributed by atoms with E-state index in [-0.39, 0.29) is 23.6 Å². The number of fused-ring (bicyclic) bond motifs is 1. The average molecular weight is 567 g/mol. The van der Waals surface area contributed by atoms with Gasteiger partial charge in [-0.3, -0.25) is 18.8 Å². The molecule has 3 N–H and O–H groups in total. The Hall–Kier alpha value is -4.95. The zero-order valence-corrected chi connectivity index (χ0v) is 23.9. The van der Waals surface area contributed by atoms with Gasteiger partial charge < -0.3 is 15.8 Å². The van der Waals surface area contributed by atoms with E-state index in [1.165, 1.54) is 15.5 Å². The van der Waals surface area contributed by atoms with Crippen LogP contribution in [0.5, 0.6) is 11.5 Å². The second-order valence-corrected chi connectivity index (χ2v) is 11.0. The van der Waals surface area contributed by atoms with Crippen molar-refractivity contribution in [3.05, 3.63) is 83.1 Å². The highest BCUT2D eigenvalue weighted by Gasteiger charge is 2.29. The topological polar surface area (TPSA) is 144 Å². The maximum atomic E-state index is 13.8. The zero-order valence-electron chi connectivity index (χ0n) is 23.9. The van der Waals surface area contributed by atoms with E-state index in [0.717, 1.165) is 25.9 Å². The van der Waals surface area contributed by atoms with E-state index in [9.17, 15) is 14.9 Å². The highest BCUT2D eigenvalue weighted by Crippen LogP contribution is 2.26. The second kappa shape index (κ2) is 11.9. The lowest BCUT2D eigenvalue weighted by Gasteiger charge is -2.32. The number of nitrogens with two attached hydrogens (primary N) is 1. The van der Waals surface area contributed by atoms with Gasteiger partial charge in [0.15, 0.2) is 11.5 Å². The number of carbonyl (C=O) groups is 1. The number of hydrogen-bond acceptors (Lipinski definition) is 8. The largest absolute Gasteiger partial charge is 0.457 e. The number of hydrogen-bond donors (Lipinski definition) is 2. The van der Waals surface area contributed by atoms with Gasteiger partial charge in [0.25, 0.3) is 5.91 Å². The number of aromatic nitrogens is 4. The molecule has 1 unspecified atom stereocenters. The molecule has 1 fully saturated rings. The van der Waals surface area contributed by atoms with Gasteiger partial charge in [0, 0.05) is 18.1 Å². The number of nitrogen functional groups attached to an aromatic ring is 1. The van der Waals surface area contributed by atoms with Crippen molar-refractivity contribution in [3.63, 3.8) is 0 Å². The number of likely N-dealkylation sites (tertiary alicyclic amines) is 1. The molecule has 4 aromatic rings. The van der Waals surface area contributed by atoms with Gasteiger partial charge in [-0.25, -0.2) is 14.8 Å². The quantitative estimate of drug-likeness (QED) is 0.230. The molecule has 1 atom stereocenters. The lowest BCUT2D eigenvalue weighted by Crippen LogP contribution is -2.42. The van der Waals surface area contributed by atoms with Crippen LogP contribution in [0, 0.1) is 11.3 Å². The van der Waals surface area contributed by atoms with Crippen molar-refractivity contribution >= 4 is 22.9 Å². The Morgan fingerprint density at radius 2 is 1.79 bits per heavy atom. The van der Waals surface area contributed by atoms with Gasteiger partial charge in [0.05, 0.1) is 5.69 Å². The zero-order chi connectivity index (χ0) is 29.9. The fourth-order valence-corrected chi connectivity index (χ4v) is 5.30. The van der Waals surface area contributed by atoms with E-state index >= 15 is 0 Å². The third-order valence-corrected chi connectivity index (χ3v) is 7.42. The monoisotopic (exact) mass is 566 g/mol. The molecular weight excluding hydrogens is 532 g/mol. The number of para-hydroxylation sites is 1. The maximum Gasteiger partial charge on any atom is 0.335 e. The van der Waals surface area contributed by atoms with E-state index in [2.05, 4.69) is 20.2 Å². The number of nitriles is 1. The number of ether oxygens (including phenoxy) is 1. The molecule has 1 amide bonds. The minimum atomic E-state index is -0.501. The second-order valence-electron chi connectivity index (χ2n) is 11.0. The van der Waals surface area contributed by atoms with E-state index in [0.29, 0.717) is 28.4 Å². The van der Waals surface area contributed by atoms with Crippen molar-refractivity contribution < 1.29 is 9.53 Å². The Kier molecular flexibility index (Phi) is 8.08. The normalized spacial score (nSPS) is 15.0. The predicted molar refractivity (Wildman–Crippen MR) is 160 cm³/mol. The third-order valence-electron chi connectivity index (χ3n) is 7.42. The van der Waals surface area contributed by atoms with Crippen LogP contribution in [0.25, 0.3) is 16.9 Å². The molecule has 0 saturated carbocycles. The molecule has 3 heterocycles. The van der Waals surface area contributed by atoms with Crippen molar-refractivity contribution in [1.29, 1.82) is 5.26 Å². The van der Waals surface area contributed by atoms with Crippen LogP contribution in [-0.2, 0) is 11.3 Å². The summed E-state index contributed by atoms with van der Waals surface area (Å²) in [5.74, 6) is 0.964. The molecule has 2 aromatic carbocycles. The van der Waals surface area contributed by atoms with Crippen molar-refractivity contribution in [2.24, 2.45) is 0 Å². The van der Waals surface area contributed by atoms with Crippen LogP contribution in [0.4, 0.5) is 5.82 Å². The van der Waals surface area contributed by atoms with Crippen LogP contribution in [0.2, 0.25) is 0 Å². The molecule has 2 aromatic heterocycles. The minimum Gasteiger partial charge on any atom is -0.457 e. The fourth-order valence-electron chi connectivity index (χ4n) is 5.30. The summed E-state index contributed by atoms with van der Waals surface area (Å²) in [5.41, 5.74) is 6.70. The lowest BCUT2D eigenvalue weighted by atomic mass is 9.99. The van der Waals surface area contributed by atoms with Crippen LogP contribution in [0.1, 0.15) is 33.6 Å². The molecule has 42 heavy (non-hydrogen) atoms. The van der Waals surface area contributed by atoms with E-state index in [4.69, 9.17) is 10.5 Å². The Balaban J connectivity index is 1.39. The molecule has 0 bridgehead atoms. The standard InChI is InChI=1S/C31H34N8O3/c1-21(36-29(40)22(18-32)17-31(2,3)37-15-7-8-16-37)19-38-28-26(27(33)34-20-35-28)39(30(38)41)23-11-13-25(14-12-23)42-24-9-5-4-6-10-24/h4-6,9-14,17,20-21H,7-8,15-16,19H2,1-3H3,(H,36,40)(H2,33,34,35). The summed E-state index contributed by atoms with van der Waals surface area (Å²) in [6, 6.07) is 18.0. The Bertz CT molecular complexity index is 1710. The molecule has 0 spiro atoms. The van der Waals surface area contributed by atoms with E-state index in [1.807, 2.05) is 50.2 Å². The molecule has 1 aliphatic rings. The Morgan fingerprint density at radius 1 is 1.12 bits per heavy atom. The first kappa shape index (κ1) is 28.6. The maximum absolute atomic E-state index is 13.8. The number of carbonyl (C=O) groups excluding carboxylic acids is 1. The van der Waals surface area contributed by atoms with Gasteiger partial charge >= 0.3 is 5.69 Å². The highest BCUT2D eigenvalue weighted by molar-refractivity contribution is 5.97. The first-order valence-corrected chi connectivity index (χ1v) is 13.9. The number of rotatable bonds is 9. The summed E-state index contributed by atoms with van der Waals surface area (Å²) < 4.78 is 8.78. The molecule has 11 nitrogen and oxygen atoms in total. The molecule has 11 heteroatoms. The summed E-state index contributed by atoms with van der Waals surface area (Å²) in [7, 11) is 0. The van der Waals surface area contributed by atoms with Gasteiger partial charge in [-0.1, -0.05) is 18.2 Å². The third kappa shape index (κ3) is 5.89. The lowest BCUT2D eigenvalue weighted by molar-refractivity contribution is -0.117. The number of anilines is 1. The summed E-state index contributed by atoms with van der Waals surface area (Å²) in [5, 5.41) is 12.6. The van der Waals surface area contributed by atoms with E-state index in [1.54, 1.807) is 37.3 Å². The molecule has 1 saturated heterocycles. The van der Waals surface area contributed by atoms with Crippen molar-refractivity contribution in [2.45, 2.75) is 51.7 Å². The molecule has 216 valence electrons. The number of nitrogens with zero attached hydrogens (tertiary/aromatic N) is 6. The van der Waals surface area contributed by atoms with Crippen molar-refractivity contribution in [2.75, 3.05) is 18.8 Å². The van der Waals surface area contributed by atoms with Gasteiger partial charge in [-0.05, 0) is 89.2 Å². The van der Waals surface area contributed by atoms with Crippen LogP contribution < -0.4 is 21.5 Å². The Morgan fingerprint density at radius 3 is 2.45 bits per heavy atom. The summed E-state index contributed by atoms with van der Waals surface area (Å²) in [6.07, 6.45) is 5.22. The molecule has 1 aliphatic heterocycles. The minimum absolute atomic E-state index is 0.0397. The smallest absolute Gasteiger partial charge is 0.335 e. The van der Waals surface area contributed by atoms with E-state index < -0.39 is 17.5 Å². The Labute approximate surface area is 243 Å². The van der Waals surface area contributed by atoms with Gasteiger partial charge in [0.1, 0.15) is 35.0 Å². The SMILES string of the molecule is CC(Cn1c(=O)n(-c2ccc(Oc3ccccc3)cc2)c2c(N)ncnc21)NC(=O)C(C#N)=CC(C)(C)N1CCCC1. The van der Waals surface area contributed by atoms with Gasteiger partial charge in [0.2, 0.25) is 0 Å². The first-order chi connectivity index (χ1) is 20.2. The summed E-state index contributed by atoms with van der Waals surface area (Å²) in [6.45, 7) is 7.75. The summed E-state index contributed by atoms with van der Waals surface area (Å²) in [4.78, 5) is 37.5. The highest BCUT2D eigenvalue weighted by atomic mass is 16.5. The average Bonchev–Trinajstić information content (AvgIpc) is 3.62. The van der Waals surface area contributed by atoms with Crippen molar-refractivity contribution in [3.8, 4) is 23.3 Å². The molecular formula is C31H34N8O3. The van der Waals surface area contributed by atoms with Gasteiger partial charge in [-0.15, -0.1) is 0 Å². The first-order valence-electron chi connectivity index (χ1n) is 13.9. The number of amides is 1. The van der Waals surface area contributed by atoms with Crippen LogP contribution in [0.3, 0.4) is 0 Å². The fraction of sp³-hybridized carbons (Fsp3) is 0.323. The predicted octanol–water partition coefficient (Wildman–Crippen LogP) is 3.79. The summed E-state index contributed by atoms with van der Waals surface area (Å²) >= 11 is 0.